The number of hydrogen-bond donors (Lipinski definition) is 4. The number of aliphatic hydroxyl groups is 1. The second-order valence-electron chi connectivity index (χ2n) is 13.3. The predicted molar refractivity (Wildman–Crippen MR) is 174 cm³/mol. The maximum Gasteiger partial charge on any atom is 0.331 e. The highest BCUT2D eigenvalue weighted by Crippen LogP contribution is 2.58. The van der Waals surface area contributed by atoms with Crippen LogP contribution in [-0.4, -0.2) is 53.4 Å². The number of para-hydroxylation sites is 1. The SMILES string of the molecule is CCCCCCC(O)[C@H](NC(=O)c1nc2oc1C13c4ccccc4N[C@H]1Oc1ccc(cc13)C[C@H](C)C(=O)N[C@H]2C(C)C)C(=O)OC. The van der Waals surface area contributed by atoms with Crippen LogP contribution in [0.2, 0.25) is 0 Å². The van der Waals surface area contributed by atoms with Gasteiger partial charge in [0.2, 0.25) is 11.8 Å². The number of ether oxygens (including phenoxy) is 2. The lowest BCUT2D eigenvalue weighted by atomic mass is 9.72. The second-order valence-corrected chi connectivity index (χ2v) is 13.3. The summed E-state index contributed by atoms with van der Waals surface area (Å²) in [6, 6.07) is 11.7. The quantitative estimate of drug-likeness (QED) is 0.181. The molecule has 6 atom stereocenters. The van der Waals surface area contributed by atoms with Crippen LogP contribution in [0, 0.1) is 11.8 Å². The Labute approximate surface area is 274 Å². The number of unbranched alkanes of at least 4 members (excludes halogenated alkanes) is 3. The van der Waals surface area contributed by atoms with Crippen molar-refractivity contribution in [2.24, 2.45) is 11.8 Å². The molecule has 3 aromatic rings. The van der Waals surface area contributed by atoms with Crippen LogP contribution in [0.1, 0.15) is 105 Å². The number of hydrogen-bond acceptors (Lipinski definition) is 9. The fourth-order valence-electron chi connectivity index (χ4n) is 7.10. The standard InChI is InChI=1S/C36H44N4O7/c1-6-7-8-9-14-25(41)28(34(44)45-5)39-32(43)29-30-36-22-12-10-11-13-24(22)37-35(36)46-26-16-15-21(18-23(26)36)17-20(4)31(42)38-27(19(2)3)33(40-29)47-30/h10-13,15-16,18-20,25,27-28,35,37,41H,6-9,14,17H2,1-5H3,(H,38,42)(H,39,43)/t20-,25?,27-,28-,35-,36?/m0/s1. The van der Waals surface area contributed by atoms with Gasteiger partial charge in [0.15, 0.2) is 23.7 Å². The molecule has 0 radical (unpaired) electrons. The number of fused-ring (bicyclic) bond motifs is 4. The molecule has 1 aromatic heterocycles. The molecule has 47 heavy (non-hydrogen) atoms. The number of aliphatic hydroxyl groups excluding tert-OH is 1. The molecule has 0 saturated carbocycles. The Morgan fingerprint density at radius 2 is 1.91 bits per heavy atom. The van der Waals surface area contributed by atoms with Gasteiger partial charge in [-0.3, -0.25) is 9.59 Å². The zero-order chi connectivity index (χ0) is 33.5. The minimum Gasteiger partial charge on any atom is -0.469 e. The third-order valence-corrected chi connectivity index (χ3v) is 9.66. The summed E-state index contributed by atoms with van der Waals surface area (Å²) in [4.78, 5) is 45.6. The molecule has 250 valence electrons. The van der Waals surface area contributed by atoms with Crippen molar-refractivity contribution in [1.29, 1.82) is 0 Å². The summed E-state index contributed by atoms with van der Waals surface area (Å²) < 4.78 is 18.2. The Morgan fingerprint density at radius 3 is 2.66 bits per heavy atom. The molecule has 1 spiro atoms. The zero-order valence-corrected chi connectivity index (χ0v) is 27.6. The number of methoxy groups -OCH3 is 1. The van der Waals surface area contributed by atoms with E-state index in [4.69, 9.17) is 18.9 Å². The van der Waals surface area contributed by atoms with Crippen LogP contribution < -0.4 is 20.7 Å². The monoisotopic (exact) mass is 644 g/mol. The van der Waals surface area contributed by atoms with Gasteiger partial charge in [0.1, 0.15) is 17.2 Å². The molecule has 11 nitrogen and oxygen atoms in total. The average Bonchev–Trinajstić information content (AvgIpc) is 3.72. The van der Waals surface area contributed by atoms with E-state index < -0.39 is 41.7 Å². The molecular formula is C36H44N4O7. The summed E-state index contributed by atoms with van der Waals surface area (Å²) >= 11 is 0. The highest BCUT2D eigenvalue weighted by Gasteiger charge is 2.61. The first kappa shape index (κ1) is 32.6. The normalized spacial score (nSPS) is 23.6. The van der Waals surface area contributed by atoms with E-state index in [1.54, 1.807) is 0 Å². The number of carbonyl (C=O) groups is 3. The number of nitrogens with zero attached hydrogens (tertiary/aromatic N) is 1. The van der Waals surface area contributed by atoms with Gasteiger partial charge in [-0.25, -0.2) is 9.78 Å². The van der Waals surface area contributed by atoms with Crippen molar-refractivity contribution in [1.82, 2.24) is 15.6 Å². The molecule has 4 N–H and O–H groups in total. The number of amides is 2. The number of benzene rings is 2. The number of rotatable bonds is 10. The Morgan fingerprint density at radius 1 is 1.13 bits per heavy atom. The van der Waals surface area contributed by atoms with E-state index in [0.29, 0.717) is 25.0 Å². The average molecular weight is 645 g/mol. The van der Waals surface area contributed by atoms with Gasteiger partial charge in [-0.1, -0.05) is 83.7 Å². The number of anilines is 1. The second kappa shape index (κ2) is 13.0. The summed E-state index contributed by atoms with van der Waals surface area (Å²) in [7, 11) is 1.22. The van der Waals surface area contributed by atoms with Crippen molar-refractivity contribution < 1.29 is 33.4 Å². The molecule has 4 heterocycles. The summed E-state index contributed by atoms with van der Waals surface area (Å²) in [5.74, 6) is -1.12. The summed E-state index contributed by atoms with van der Waals surface area (Å²) in [5.41, 5.74) is 2.18. The third-order valence-electron chi connectivity index (χ3n) is 9.66. The molecule has 4 bridgehead atoms. The Hall–Kier alpha value is -4.38. The van der Waals surface area contributed by atoms with Crippen molar-refractivity contribution in [3.8, 4) is 5.75 Å². The van der Waals surface area contributed by atoms with E-state index in [2.05, 4.69) is 22.9 Å². The summed E-state index contributed by atoms with van der Waals surface area (Å²) in [5, 5.41) is 20.4. The van der Waals surface area contributed by atoms with Crippen LogP contribution in [-0.2, 0) is 26.2 Å². The van der Waals surface area contributed by atoms with Gasteiger partial charge < -0.3 is 34.9 Å². The number of esters is 1. The van der Waals surface area contributed by atoms with Crippen molar-refractivity contribution in [2.75, 3.05) is 12.4 Å². The van der Waals surface area contributed by atoms with Crippen LogP contribution in [0.25, 0.3) is 0 Å². The first-order valence-corrected chi connectivity index (χ1v) is 16.6. The summed E-state index contributed by atoms with van der Waals surface area (Å²) in [6.45, 7) is 7.86. The lowest BCUT2D eigenvalue weighted by Gasteiger charge is -2.28. The summed E-state index contributed by atoms with van der Waals surface area (Å²) in [6.07, 6.45) is 2.57. The minimum atomic E-state index is -1.33. The Balaban J connectivity index is 1.53. The predicted octanol–water partition coefficient (Wildman–Crippen LogP) is 4.76. The van der Waals surface area contributed by atoms with Crippen LogP contribution >= 0.6 is 0 Å². The molecule has 6 rings (SSSR count). The smallest absolute Gasteiger partial charge is 0.331 e. The van der Waals surface area contributed by atoms with Crippen molar-refractivity contribution in [3.05, 3.63) is 76.5 Å². The van der Waals surface area contributed by atoms with Gasteiger partial charge >= 0.3 is 5.97 Å². The lowest BCUT2D eigenvalue weighted by molar-refractivity contribution is -0.146. The van der Waals surface area contributed by atoms with Crippen LogP contribution in [0.5, 0.6) is 5.75 Å². The van der Waals surface area contributed by atoms with Gasteiger partial charge in [-0.2, -0.15) is 0 Å². The van der Waals surface area contributed by atoms with Gasteiger partial charge in [-0.15, -0.1) is 0 Å². The molecule has 0 saturated heterocycles. The molecule has 2 aromatic carbocycles. The van der Waals surface area contributed by atoms with E-state index in [1.807, 2.05) is 63.2 Å². The Kier molecular flexibility index (Phi) is 9.02. The van der Waals surface area contributed by atoms with E-state index >= 15 is 0 Å². The van der Waals surface area contributed by atoms with Gasteiger partial charge in [-0.05, 0) is 42.0 Å². The topological polar surface area (TPSA) is 152 Å². The molecule has 2 amide bonds. The maximum absolute atomic E-state index is 14.4. The first-order chi connectivity index (χ1) is 22.6. The molecule has 3 aliphatic rings. The number of carbonyl (C=O) groups excluding carboxylic acids is 3. The Bertz CT molecular complexity index is 1670. The molecule has 2 unspecified atom stereocenters. The number of aromatic nitrogens is 1. The number of nitrogens with one attached hydrogen (secondary N) is 3. The van der Waals surface area contributed by atoms with Crippen LogP contribution in [0.3, 0.4) is 0 Å². The third kappa shape index (κ3) is 5.64. The molecule has 0 fully saturated rings. The molecule has 0 aliphatic carbocycles. The highest BCUT2D eigenvalue weighted by atomic mass is 16.5. The fraction of sp³-hybridized carbons (Fsp3) is 0.500. The largest absolute Gasteiger partial charge is 0.469 e. The first-order valence-electron chi connectivity index (χ1n) is 16.6. The maximum atomic E-state index is 14.4. The van der Waals surface area contributed by atoms with E-state index in [1.165, 1.54) is 7.11 Å². The van der Waals surface area contributed by atoms with Crippen molar-refractivity contribution in [2.45, 2.75) is 96.1 Å². The minimum absolute atomic E-state index is 0.0652. The van der Waals surface area contributed by atoms with E-state index in [-0.39, 0.29) is 35.1 Å². The molecule has 11 heteroatoms. The van der Waals surface area contributed by atoms with E-state index in [9.17, 15) is 19.5 Å². The van der Waals surface area contributed by atoms with Crippen LogP contribution in [0.4, 0.5) is 5.69 Å². The highest BCUT2D eigenvalue weighted by molar-refractivity contribution is 5.97. The zero-order valence-electron chi connectivity index (χ0n) is 27.6. The lowest BCUT2D eigenvalue weighted by Crippen LogP contribution is -2.50. The van der Waals surface area contributed by atoms with Gasteiger partial charge in [0.05, 0.1) is 13.2 Å². The van der Waals surface area contributed by atoms with Gasteiger partial charge in [0.25, 0.3) is 5.91 Å². The van der Waals surface area contributed by atoms with Crippen molar-refractivity contribution >= 4 is 23.5 Å². The van der Waals surface area contributed by atoms with Crippen LogP contribution in [0.15, 0.2) is 46.9 Å². The van der Waals surface area contributed by atoms with Gasteiger partial charge in [0, 0.05) is 17.2 Å². The number of oxazole rings is 1. The molecule has 3 aliphatic heterocycles. The molecular weight excluding hydrogens is 600 g/mol. The van der Waals surface area contributed by atoms with Crippen molar-refractivity contribution in [3.63, 3.8) is 0 Å². The fourth-order valence-corrected chi connectivity index (χ4v) is 7.10. The van der Waals surface area contributed by atoms with E-state index in [0.717, 1.165) is 41.6 Å².